The van der Waals surface area contributed by atoms with E-state index in [0.29, 0.717) is 12.8 Å². The van der Waals surface area contributed by atoms with Crippen molar-refractivity contribution in [3.05, 3.63) is 0 Å². The van der Waals surface area contributed by atoms with E-state index in [1.165, 1.54) is 0 Å². The van der Waals surface area contributed by atoms with Crippen molar-refractivity contribution in [2.45, 2.75) is 130 Å². The van der Waals surface area contributed by atoms with Crippen LogP contribution < -0.4 is 0 Å². The third-order valence-corrected chi connectivity index (χ3v) is 9.25. The summed E-state index contributed by atoms with van der Waals surface area (Å²) in [7, 11) is -8.72. The summed E-state index contributed by atoms with van der Waals surface area (Å²) >= 11 is 0. The second-order valence-electron chi connectivity index (χ2n) is 10.5. The molecule has 0 unspecified atom stereocenters. The van der Waals surface area contributed by atoms with E-state index in [1.807, 2.05) is 0 Å². The predicted molar refractivity (Wildman–Crippen MR) is 148 cm³/mol. The summed E-state index contributed by atoms with van der Waals surface area (Å²) in [5.41, 5.74) is 0.571. The van der Waals surface area contributed by atoms with Crippen LogP contribution in [-0.4, -0.2) is 46.0 Å². The van der Waals surface area contributed by atoms with E-state index in [2.05, 4.69) is 36.7 Å². The summed E-state index contributed by atoms with van der Waals surface area (Å²) in [5.74, 6) is 0. The smallest absolute Gasteiger partial charge is 0.381 e. The summed E-state index contributed by atoms with van der Waals surface area (Å²) in [6.45, 7) is 10.7. The number of phosphoric ester groups is 2. The van der Waals surface area contributed by atoms with Crippen molar-refractivity contribution in [2.75, 3.05) is 26.4 Å². The van der Waals surface area contributed by atoms with E-state index in [4.69, 9.17) is 24.3 Å². The van der Waals surface area contributed by atoms with Crippen molar-refractivity contribution in [3.8, 4) is 0 Å². The maximum absolute atomic E-state index is 10.8. The van der Waals surface area contributed by atoms with Crippen LogP contribution in [0.3, 0.4) is 0 Å². The molecule has 0 saturated heterocycles. The molecule has 0 amide bonds. The molecule has 4 N–H and O–H groups in total. The molecule has 11 heteroatoms. The van der Waals surface area contributed by atoms with Gasteiger partial charge in [0.25, 0.3) is 0 Å². The van der Waals surface area contributed by atoms with Gasteiger partial charge < -0.3 is 24.3 Å². The van der Waals surface area contributed by atoms with Gasteiger partial charge in [-0.2, -0.15) is 0 Å². The zero-order valence-corrected chi connectivity index (χ0v) is 25.7. The molecular weight excluding hydrogens is 518 g/mol. The molecule has 37 heavy (non-hydrogen) atoms. The Labute approximate surface area is 225 Å². The largest absolute Gasteiger partial charge is 0.469 e. The standard InChI is InChI=1S/C26H56O9P2/c1-5-25(6-2,19-11-15-23-34-36(27,28)29)17-9-13-21-33-22-14-10-18-26(7-3,8-4)20-12-16-24-35-37(30,31)32/h5-24H2,1-4H3,(H2,27,28,29)(H2,30,31,32). The number of phosphoric acid groups is 2. The molecule has 0 fully saturated rings. The van der Waals surface area contributed by atoms with Gasteiger partial charge in [-0.25, -0.2) is 9.13 Å². The zero-order chi connectivity index (χ0) is 28.3. The van der Waals surface area contributed by atoms with Gasteiger partial charge in [-0.15, -0.1) is 0 Å². The average Bonchev–Trinajstić information content (AvgIpc) is 2.83. The molecule has 0 saturated carbocycles. The highest BCUT2D eigenvalue weighted by Gasteiger charge is 2.26. The minimum atomic E-state index is -4.36. The minimum absolute atomic E-state index is 0.105. The Bertz CT molecular complexity index is 586. The molecule has 0 aliphatic heterocycles. The zero-order valence-electron chi connectivity index (χ0n) is 23.9. The fourth-order valence-corrected chi connectivity index (χ4v) is 5.98. The molecule has 0 atom stereocenters. The normalized spacial score (nSPS) is 13.4. The van der Waals surface area contributed by atoms with Gasteiger partial charge in [0.2, 0.25) is 0 Å². The monoisotopic (exact) mass is 574 g/mol. The molecule has 9 nitrogen and oxygen atoms in total. The highest BCUT2D eigenvalue weighted by Crippen LogP contribution is 2.40. The first kappa shape index (κ1) is 37.2. The van der Waals surface area contributed by atoms with E-state index in [-0.39, 0.29) is 24.0 Å². The number of hydrogen-bond acceptors (Lipinski definition) is 5. The van der Waals surface area contributed by atoms with Gasteiger partial charge in [-0.05, 0) is 62.2 Å². The topological polar surface area (TPSA) is 143 Å². The summed E-state index contributed by atoms with van der Waals surface area (Å²) in [6.07, 6.45) is 16.3. The van der Waals surface area contributed by atoms with Crippen LogP contribution in [0.25, 0.3) is 0 Å². The third kappa shape index (κ3) is 19.8. The summed E-state index contributed by atoms with van der Waals surface area (Å²) in [4.78, 5) is 35.1. The number of ether oxygens (including phenoxy) is 1. The second kappa shape index (κ2) is 20.1. The van der Waals surface area contributed by atoms with Crippen LogP contribution >= 0.6 is 15.6 Å². The van der Waals surface area contributed by atoms with Crippen LogP contribution in [0, 0.1) is 10.8 Å². The number of rotatable bonds is 26. The van der Waals surface area contributed by atoms with Crippen LogP contribution in [0.2, 0.25) is 0 Å². The van der Waals surface area contributed by atoms with Gasteiger partial charge in [-0.1, -0.05) is 79.1 Å². The van der Waals surface area contributed by atoms with Gasteiger partial charge in [0, 0.05) is 13.2 Å². The Balaban J connectivity index is 4.05. The van der Waals surface area contributed by atoms with E-state index in [9.17, 15) is 9.13 Å². The van der Waals surface area contributed by atoms with Gasteiger partial charge in [0.05, 0.1) is 13.2 Å². The quantitative estimate of drug-likeness (QED) is 0.0609. The van der Waals surface area contributed by atoms with Gasteiger partial charge in [-0.3, -0.25) is 9.05 Å². The van der Waals surface area contributed by atoms with E-state index < -0.39 is 15.6 Å². The molecule has 0 aromatic heterocycles. The molecule has 0 rings (SSSR count). The maximum atomic E-state index is 10.8. The summed E-state index contributed by atoms with van der Waals surface area (Å²) in [6, 6.07) is 0. The Kier molecular flexibility index (Phi) is 20.2. The molecule has 0 aliphatic carbocycles. The van der Waals surface area contributed by atoms with Crippen molar-refractivity contribution in [3.63, 3.8) is 0 Å². The van der Waals surface area contributed by atoms with E-state index in [0.717, 1.165) is 103 Å². The lowest BCUT2D eigenvalue weighted by molar-refractivity contribution is 0.113. The summed E-state index contributed by atoms with van der Waals surface area (Å²) in [5, 5.41) is 0. The molecule has 0 aliphatic rings. The molecule has 0 radical (unpaired) electrons. The fraction of sp³-hybridized carbons (Fsp3) is 1.00. The van der Waals surface area contributed by atoms with Crippen molar-refractivity contribution in [2.24, 2.45) is 10.8 Å². The van der Waals surface area contributed by atoms with Crippen LogP contribution in [0.4, 0.5) is 0 Å². The highest BCUT2D eigenvalue weighted by atomic mass is 31.2. The van der Waals surface area contributed by atoms with Crippen molar-refractivity contribution >= 4 is 15.6 Å². The molecular formula is C26H56O9P2. The molecule has 0 spiro atoms. The van der Waals surface area contributed by atoms with Crippen LogP contribution in [0.15, 0.2) is 0 Å². The van der Waals surface area contributed by atoms with Crippen molar-refractivity contribution in [1.82, 2.24) is 0 Å². The minimum Gasteiger partial charge on any atom is -0.381 e. The third-order valence-electron chi connectivity index (χ3n) is 8.21. The predicted octanol–water partition coefficient (Wildman–Crippen LogP) is 7.52. The van der Waals surface area contributed by atoms with E-state index >= 15 is 0 Å². The van der Waals surface area contributed by atoms with Crippen molar-refractivity contribution < 1.29 is 42.5 Å². The summed E-state index contributed by atoms with van der Waals surface area (Å²) < 4.78 is 36.6. The molecule has 0 bridgehead atoms. The van der Waals surface area contributed by atoms with E-state index in [1.54, 1.807) is 0 Å². The SMILES string of the molecule is CCC(CC)(CCCCOCCCCC(CC)(CC)CCCCOP(=O)(O)O)CCCCOP(=O)(O)O. The Morgan fingerprint density at radius 1 is 0.486 bits per heavy atom. The highest BCUT2D eigenvalue weighted by molar-refractivity contribution is 7.46. The lowest BCUT2D eigenvalue weighted by Gasteiger charge is -2.32. The Morgan fingerprint density at radius 3 is 1.00 bits per heavy atom. The first-order valence-electron chi connectivity index (χ1n) is 14.3. The van der Waals surface area contributed by atoms with Gasteiger partial charge >= 0.3 is 15.6 Å². The Morgan fingerprint density at radius 2 is 0.757 bits per heavy atom. The fourth-order valence-electron chi connectivity index (χ4n) is 5.25. The lowest BCUT2D eigenvalue weighted by atomic mass is 9.74. The number of unbranched alkanes of at least 4 members (excludes halogenated alkanes) is 4. The van der Waals surface area contributed by atoms with Gasteiger partial charge in [0.1, 0.15) is 0 Å². The van der Waals surface area contributed by atoms with Crippen molar-refractivity contribution in [1.29, 1.82) is 0 Å². The molecule has 0 aromatic rings. The van der Waals surface area contributed by atoms with Crippen LogP contribution in [-0.2, 0) is 22.9 Å². The average molecular weight is 575 g/mol. The molecule has 224 valence electrons. The molecule has 0 aromatic carbocycles. The maximum Gasteiger partial charge on any atom is 0.469 e. The number of hydrogen-bond donors (Lipinski definition) is 4. The Hall–Kier alpha value is 0.180. The van der Waals surface area contributed by atoms with Gasteiger partial charge in [0.15, 0.2) is 0 Å². The van der Waals surface area contributed by atoms with Crippen LogP contribution in [0.1, 0.15) is 130 Å². The van der Waals surface area contributed by atoms with Crippen LogP contribution in [0.5, 0.6) is 0 Å². The first-order valence-corrected chi connectivity index (χ1v) is 17.4. The first-order chi connectivity index (χ1) is 17.4. The lowest BCUT2D eigenvalue weighted by Crippen LogP contribution is -2.19. The second-order valence-corrected chi connectivity index (χ2v) is 13.0. The molecule has 0 heterocycles.